The molecular weight excluding hydrogens is 408 g/mol. The minimum atomic E-state index is -0.442. The van der Waals surface area contributed by atoms with Gasteiger partial charge in [0.2, 0.25) is 0 Å². The summed E-state index contributed by atoms with van der Waals surface area (Å²) >= 11 is 0. The average Bonchev–Trinajstić information content (AvgIpc) is 3.25. The maximum atomic E-state index is 11.0. The summed E-state index contributed by atoms with van der Waals surface area (Å²) in [5.41, 5.74) is 3.18. The Morgan fingerprint density at radius 2 is 2.03 bits per heavy atom. The van der Waals surface area contributed by atoms with Gasteiger partial charge in [-0.2, -0.15) is 5.26 Å². The van der Waals surface area contributed by atoms with E-state index >= 15 is 0 Å². The number of benzene rings is 3. The number of aromatic amines is 1. The number of imidazole rings is 1. The lowest BCUT2D eigenvalue weighted by Crippen LogP contribution is -1.98. The largest absolute Gasteiger partial charge is 0.497 e. The third-order valence-corrected chi connectivity index (χ3v) is 4.80. The number of ether oxygens (including phenoxy) is 2. The number of para-hydroxylation sites is 1. The third-order valence-electron chi connectivity index (χ3n) is 4.80. The lowest BCUT2D eigenvalue weighted by atomic mass is 10.1. The highest BCUT2D eigenvalue weighted by Crippen LogP contribution is 2.27. The monoisotopic (exact) mass is 426 g/mol. The number of hydrogen-bond donors (Lipinski definition) is 1. The van der Waals surface area contributed by atoms with Crippen molar-refractivity contribution in [1.82, 2.24) is 9.97 Å². The number of nitrogens with zero attached hydrogens (tertiary/aromatic N) is 3. The molecule has 0 aliphatic carbocycles. The van der Waals surface area contributed by atoms with Crippen molar-refractivity contribution >= 4 is 28.4 Å². The van der Waals surface area contributed by atoms with Crippen LogP contribution in [0.15, 0.2) is 66.7 Å². The zero-order valence-corrected chi connectivity index (χ0v) is 17.1. The van der Waals surface area contributed by atoms with E-state index in [4.69, 9.17) is 9.47 Å². The van der Waals surface area contributed by atoms with E-state index in [0.717, 1.165) is 11.0 Å². The van der Waals surface area contributed by atoms with Gasteiger partial charge in [0.15, 0.2) is 0 Å². The SMILES string of the molecule is COc1ccc2nc(/C(C#N)=C/c3ccccc3OCc3cccc([N+](=O)[O-])c3)[nH]c2c1. The Balaban J connectivity index is 1.62. The van der Waals surface area contributed by atoms with Gasteiger partial charge < -0.3 is 14.5 Å². The maximum Gasteiger partial charge on any atom is 0.269 e. The molecule has 3 aromatic carbocycles. The molecule has 4 aromatic rings. The number of hydrogen-bond acceptors (Lipinski definition) is 6. The number of H-pyrrole nitrogens is 1. The first-order chi connectivity index (χ1) is 15.6. The van der Waals surface area contributed by atoms with E-state index in [1.165, 1.54) is 12.1 Å². The Kier molecular flexibility index (Phi) is 5.81. The van der Waals surface area contributed by atoms with Crippen molar-refractivity contribution in [3.63, 3.8) is 0 Å². The molecule has 0 saturated carbocycles. The first-order valence-electron chi connectivity index (χ1n) is 9.68. The van der Waals surface area contributed by atoms with E-state index in [0.29, 0.717) is 34.0 Å². The summed E-state index contributed by atoms with van der Waals surface area (Å²) in [5.74, 6) is 1.67. The van der Waals surface area contributed by atoms with Crippen LogP contribution >= 0.6 is 0 Å². The minimum absolute atomic E-state index is 0.00700. The van der Waals surface area contributed by atoms with Crippen LogP contribution in [0.4, 0.5) is 5.69 Å². The van der Waals surface area contributed by atoms with Crippen molar-refractivity contribution in [1.29, 1.82) is 5.26 Å². The van der Waals surface area contributed by atoms with Crippen LogP contribution < -0.4 is 9.47 Å². The fourth-order valence-electron chi connectivity index (χ4n) is 3.20. The Bertz CT molecular complexity index is 1370. The highest BCUT2D eigenvalue weighted by atomic mass is 16.6. The molecule has 1 aromatic heterocycles. The molecule has 0 atom stereocenters. The van der Waals surface area contributed by atoms with Crippen molar-refractivity contribution in [3.05, 3.63) is 93.8 Å². The molecule has 32 heavy (non-hydrogen) atoms. The molecule has 0 aliphatic rings. The van der Waals surface area contributed by atoms with Gasteiger partial charge in [-0.25, -0.2) is 4.98 Å². The Hall–Kier alpha value is -4.64. The zero-order valence-electron chi connectivity index (χ0n) is 17.1. The van der Waals surface area contributed by atoms with Gasteiger partial charge in [0.05, 0.1) is 28.6 Å². The number of rotatable bonds is 7. The summed E-state index contributed by atoms with van der Waals surface area (Å²) in [6.07, 6.45) is 1.69. The van der Waals surface area contributed by atoms with Crippen LogP contribution in [-0.2, 0) is 6.61 Å². The summed E-state index contributed by atoms with van der Waals surface area (Å²) in [4.78, 5) is 18.2. The summed E-state index contributed by atoms with van der Waals surface area (Å²) in [6.45, 7) is 0.152. The van der Waals surface area contributed by atoms with Crippen molar-refractivity contribution < 1.29 is 14.4 Å². The van der Waals surface area contributed by atoms with Gasteiger partial charge in [0.1, 0.15) is 30.0 Å². The maximum absolute atomic E-state index is 11.0. The second kappa shape index (κ2) is 9.02. The molecule has 0 bridgehead atoms. The summed E-state index contributed by atoms with van der Waals surface area (Å²) in [7, 11) is 1.59. The number of nitro benzene ring substituents is 1. The lowest BCUT2D eigenvalue weighted by molar-refractivity contribution is -0.384. The number of nitro groups is 1. The molecule has 8 heteroatoms. The van der Waals surface area contributed by atoms with Gasteiger partial charge in [-0.1, -0.05) is 30.3 Å². The molecule has 0 spiro atoms. The van der Waals surface area contributed by atoms with Crippen LogP contribution in [0.3, 0.4) is 0 Å². The summed E-state index contributed by atoms with van der Waals surface area (Å²) in [6, 6.07) is 21.2. The van der Waals surface area contributed by atoms with E-state index in [-0.39, 0.29) is 12.3 Å². The van der Waals surface area contributed by atoms with Crippen LogP contribution in [0.1, 0.15) is 17.0 Å². The zero-order chi connectivity index (χ0) is 22.5. The van der Waals surface area contributed by atoms with E-state index in [1.807, 2.05) is 30.3 Å². The average molecular weight is 426 g/mol. The van der Waals surface area contributed by atoms with Crippen LogP contribution in [0.2, 0.25) is 0 Å². The van der Waals surface area contributed by atoms with Gasteiger partial charge in [-0.05, 0) is 29.8 Å². The quantitative estimate of drug-likeness (QED) is 0.249. The number of non-ortho nitro benzene ring substituents is 1. The molecule has 158 valence electrons. The number of aromatic nitrogens is 2. The molecule has 0 aliphatic heterocycles. The molecule has 0 fully saturated rings. The van der Waals surface area contributed by atoms with E-state index in [1.54, 1.807) is 37.5 Å². The second-order valence-electron chi connectivity index (χ2n) is 6.89. The van der Waals surface area contributed by atoms with E-state index in [2.05, 4.69) is 16.0 Å². The van der Waals surface area contributed by atoms with E-state index in [9.17, 15) is 15.4 Å². The van der Waals surface area contributed by atoms with Crippen LogP contribution in [0.5, 0.6) is 11.5 Å². The minimum Gasteiger partial charge on any atom is -0.497 e. The van der Waals surface area contributed by atoms with Crippen LogP contribution in [0, 0.1) is 21.4 Å². The highest BCUT2D eigenvalue weighted by Gasteiger charge is 2.11. The van der Waals surface area contributed by atoms with Crippen molar-refractivity contribution in [3.8, 4) is 17.6 Å². The lowest BCUT2D eigenvalue weighted by Gasteiger charge is -2.09. The Labute approximate surface area is 183 Å². The summed E-state index contributed by atoms with van der Waals surface area (Å²) < 4.78 is 11.1. The number of nitriles is 1. The van der Waals surface area contributed by atoms with Gasteiger partial charge in [0.25, 0.3) is 5.69 Å². The predicted molar refractivity (Wildman–Crippen MR) is 120 cm³/mol. The molecule has 0 radical (unpaired) electrons. The number of nitrogens with one attached hydrogen (secondary N) is 1. The first kappa shape index (κ1) is 20.6. The molecule has 8 nitrogen and oxygen atoms in total. The highest BCUT2D eigenvalue weighted by molar-refractivity contribution is 5.91. The number of methoxy groups -OCH3 is 1. The smallest absolute Gasteiger partial charge is 0.269 e. The molecule has 0 amide bonds. The van der Waals surface area contributed by atoms with Crippen molar-refractivity contribution in [2.45, 2.75) is 6.61 Å². The normalized spacial score (nSPS) is 11.2. The second-order valence-corrected chi connectivity index (χ2v) is 6.89. The van der Waals surface area contributed by atoms with E-state index < -0.39 is 4.92 Å². The Morgan fingerprint density at radius 1 is 1.19 bits per heavy atom. The fourth-order valence-corrected chi connectivity index (χ4v) is 3.20. The number of fused-ring (bicyclic) bond motifs is 1. The standard InChI is InChI=1S/C24H18N4O4/c1-31-20-9-10-21-22(13-20)27-24(26-21)18(14-25)12-17-6-2-3-8-23(17)32-15-16-5-4-7-19(11-16)28(29)30/h2-13H,15H2,1H3,(H,26,27)/b18-12+. The molecule has 0 unspecified atom stereocenters. The molecular formula is C24H18N4O4. The van der Waals surface area contributed by atoms with Crippen molar-refractivity contribution in [2.24, 2.45) is 0 Å². The number of allylic oxidation sites excluding steroid dienone is 1. The molecule has 4 rings (SSSR count). The summed E-state index contributed by atoms with van der Waals surface area (Å²) in [5, 5.41) is 20.7. The van der Waals surface area contributed by atoms with Gasteiger partial charge in [-0.15, -0.1) is 0 Å². The van der Waals surface area contributed by atoms with Crippen LogP contribution in [-0.4, -0.2) is 22.0 Å². The molecule has 1 N–H and O–H groups in total. The topological polar surface area (TPSA) is 114 Å². The first-order valence-corrected chi connectivity index (χ1v) is 9.68. The van der Waals surface area contributed by atoms with Crippen molar-refractivity contribution in [2.75, 3.05) is 7.11 Å². The third kappa shape index (κ3) is 4.42. The predicted octanol–water partition coefficient (Wildman–Crippen LogP) is 5.12. The fraction of sp³-hybridized carbons (Fsp3) is 0.0833. The molecule has 1 heterocycles. The van der Waals surface area contributed by atoms with Crippen LogP contribution in [0.25, 0.3) is 22.7 Å². The molecule has 0 saturated heterocycles. The van der Waals surface area contributed by atoms with Gasteiger partial charge in [0, 0.05) is 23.8 Å². The van der Waals surface area contributed by atoms with Gasteiger partial charge >= 0.3 is 0 Å². The Morgan fingerprint density at radius 3 is 2.81 bits per heavy atom. The van der Waals surface area contributed by atoms with Gasteiger partial charge in [-0.3, -0.25) is 10.1 Å².